The number of rotatable bonds is 0. The molecule has 2 rings (SSSR count). The van der Waals surface area contributed by atoms with Gasteiger partial charge in [-0.15, -0.1) is 0 Å². The highest BCUT2D eigenvalue weighted by Crippen LogP contribution is 2.30. The lowest BCUT2D eigenvalue weighted by atomic mass is 10.0. The first kappa shape index (κ1) is 8.11. The highest BCUT2D eigenvalue weighted by molar-refractivity contribution is 6.30. The van der Waals surface area contributed by atoms with Crippen molar-refractivity contribution in [3.8, 4) is 0 Å². The van der Waals surface area contributed by atoms with Crippen LogP contribution in [0.3, 0.4) is 0 Å². The Balaban J connectivity index is 2.55. The van der Waals surface area contributed by atoms with E-state index in [-0.39, 0.29) is 0 Å². The minimum Gasteiger partial charge on any atom is -0.328 e. The molecule has 0 aromatic carbocycles. The number of hydrogen-bond acceptors (Lipinski definition) is 1. The predicted molar refractivity (Wildman–Crippen MR) is 49.6 cm³/mol. The lowest BCUT2D eigenvalue weighted by Crippen LogP contribution is -2.15. The van der Waals surface area contributed by atoms with Crippen molar-refractivity contribution in [1.82, 2.24) is 9.55 Å². The van der Waals surface area contributed by atoms with Gasteiger partial charge in [0.25, 0.3) is 0 Å². The van der Waals surface area contributed by atoms with Crippen LogP contribution in [0, 0.1) is 6.92 Å². The van der Waals surface area contributed by atoms with Gasteiger partial charge in [0.15, 0.2) is 5.15 Å². The van der Waals surface area contributed by atoms with Crippen LogP contribution >= 0.6 is 11.6 Å². The largest absolute Gasteiger partial charge is 0.328 e. The van der Waals surface area contributed by atoms with Crippen molar-refractivity contribution in [2.24, 2.45) is 0 Å². The molecule has 0 N–H and O–H groups in total. The van der Waals surface area contributed by atoms with Gasteiger partial charge in [-0.2, -0.15) is 0 Å². The van der Waals surface area contributed by atoms with Crippen molar-refractivity contribution >= 4 is 11.6 Å². The minimum absolute atomic E-state index is 0.578. The third-order valence-electron chi connectivity index (χ3n) is 2.61. The monoisotopic (exact) mass is 184 g/mol. The summed E-state index contributed by atoms with van der Waals surface area (Å²) in [5, 5.41) is 0.707. The summed E-state index contributed by atoms with van der Waals surface area (Å²) in [6, 6.07) is 0.578. The summed E-state index contributed by atoms with van der Waals surface area (Å²) in [6.45, 7) is 4.25. The van der Waals surface area contributed by atoms with Crippen LogP contribution < -0.4 is 0 Å². The molecular weight excluding hydrogens is 172 g/mol. The van der Waals surface area contributed by atoms with Crippen LogP contribution in [0.4, 0.5) is 0 Å². The highest BCUT2D eigenvalue weighted by Gasteiger charge is 2.21. The quantitative estimate of drug-likeness (QED) is 0.606. The molecule has 0 aliphatic carbocycles. The van der Waals surface area contributed by atoms with E-state index in [2.05, 4.69) is 16.5 Å². The second kappa shape index (κ2) is 2.77. The number of hydrogen-bond donors (Lipinski definition) is 0. The third-order valence-corrected chi connectivity index (χ3v) is 2.92. The molecule has 1 aromatic rings. The first-order valence-corrected chi connectivity index (χ1v) is 4.81. The molecule has 0 fully saturated rings. The van der Waals surface area contributed by atoms with Crippen molar-refractivity contribution in [2.45, 2.75) is 39.2 Å². The molecule has 1 aliphatic heterocycles. The molecule has 12 heavy (non-hydrogen) atoms. The second-order valence-corrected chi connectivity index (χ2v) is 3.87. The van der Waals surface area contributed by atoms with Crippen LogP contribution in [0.15, 0.2) is 0 Å². The fourth-order valence-electron chi connectivity index (χ4n) is 2.06. The van der Waals surface area contributed by atoms with Crippen molar-refractivity contribution in [2.75, 3.05) is 0 Å². The predicted octanol–water partition coefficient (Wildman–Crippen LogP) is 2.74. The molecule has 0 spiro atoms. The van der Waals surface area contributed by atoms with Gasteiger partial charge in [-0.1, -0.05) is 11.6 Å². The Morgan fingerprint density at radius 2 is 2.33 bits per heavy atom. The van der Waals surface area contributed by atoms with E-state index in [1.807, 2.05) is 6.92 Å². The fraction of sp³-hybridized carbons (Fsp3) is 0.667. The highest BCUT2D eigenvalue weighted by atomic mass is 35.5. The molecule has 2 heterocycles. The maximum atomic E-state index is 6.00. The average Bonchev–Trinajstić information content (AvgIpc) is 2.29. The van der Waals surface area contributed by atoms with Crippen LogP contribution in [0.2, 0.25) is 5.15 Å². The molecule has 1 unspecified atom stereocenters. The van der Waals surface area contributed by atoms with E-state index in [4.69, 9.17) is 11.6 Å². The second-order valence-electron chi connectivity index (χ2n) is 3.51. The Morgan fingerprint density at radius 3 is 3.00 bits per heavy atom. The minimum atomic E-state index is 0.578. The zero-order chi connectivity index (χ0) is 8.72. The third kappa shape index (κ3) is 1.06. The van der Waals surface area contributed by atoms with Gasteiger partial charge in [-0.05, 0) is 33.1 Å². The summed E-state index contributed by atoms with van der Waals surface area (Å²) in [6.07, 6.45) is 3.58. The molecule has 1 aliphatic rings. The molecule has 0 saturated heterocycles. The van der Waals surface area contributed by atoms with Crippen molar-refractivity contribution in [3.63, 3.8) is 0 Å². The zero-order valence-corrected chi connectivity index (χ0v) is 8.23. The molecule has 2 nitrogen and oxygen atoms in total. The van der Waals surface area contributed by atoms with Gasteiger partial charge in [-0.25, -0.2) is 4.98 Å². The fourth-order valence-corrected chi connectivity index (χ4v) is 2.37. The van der Waals surface area contributed by atoms with E-state index in [1.165, 1.54) is 18.5 Å². The van der Waals surface area contributed by atoms with E-state index < -0.39 is 0 Å². The van der Waals surface area contributed by atoms with E-state index >= 15 is 0 Å². The van der Waals surface area contributed by atoms with E-state index in [9.17, 15) is 0 Å². The van der Waals surface area contributed by atoms with Gasteiger partial charge in [-0.3, -0.25) is 0 Å². The van der Waals surface area contributed by atoms with E-state index in [1.54, 1.807) is 0 Å². The van der Waals surface area contributed by atoms with E-state index in [0.717, 1.165) is 12.2 Å². The molecule has 3 heteroatoms. The molecule has 1 atom stereocenters. The topological polar surface area (TPSA) is 17.8 Å². The summed E-state index contributed by atoms with van der Waals surface area (Å²) < 4.78 is 2.27. The Hall–Kier alpha value is -0.500. The van der Waals surface area contributed by atoms with Crippen LogP contribution in [0.5, 0.6) is 0 Å². The molecule has 66 valence electrons. The maximum Gasteiger partial charge on any atom is 0.150 e. The Labute approximate surface area is 77.6 Å². The summed E-state index contributed by atoms with van der Waals surface area (Å²) >= 11 is 6.00. The number of nitrogens with zero attached hydrogens (tertiary/aromatic N) is 2. The number of fused-ring (bicyclic) bond motifs is 1. The molecule has 0 bridgehead atoms. The number of aryl methyl sites for hydroxylation is 1. The van der Waals surface area contributed by atoms with Crippen LogP contribution in [0.1, 0.15) is 37.3 Å². The summed E-state index contributed by atoms with van der Waals surface area (Å²) in [7, 11) is 0. The molecule has 0 radical (unpaired) electrons. The molecule has 1 aromatic heterocycles. The first-order valence-electron chi connectivity index (χ1n) is 4.43. The normalized spacial score (nSPS) is 22.4. The van der Waals surface area contributed by atoms with Gasteiger partial charge < -0.3 is 4.57 Å². The summed E-state index contributed by atoms with van der Waals surface area (Å²) in [4.78, 5) is 4.27. The average molecular weight is 185 g/mol. The van der Waals surface area contributed by atoms with Crippen LogP contribution in [-0.2, 0) is 6.42 Å². The Morgan fingerprint density at radius 1 is 1.58 bits per heavy atom. The summed E-state index contributed by atoms with van der Waals surface area (Å²) in [5.74, 6) is 1.06. The molecular formula is C9H13ClN2. The van der Waals surface area contributed by atoms with Gasteiger partial charge in [0.1, 0.15) is 5.82 Å². The van der Waals surface area contributed by atoms with Gasteiger partial charge >= 0.3 is 0 Å². The smallest absolute Gasteiger partial charge is 0.150 e. The van der Waals surface area contributed by atoms with Gasteiger partial charge in [0, 0.05) is 6.04 Å². The van der Waals surface area contributed by atoms with Crippen LogP contribution in [0.25, 0.3) is 0 Å². The number of halogens is 1. The molecule has 0 saturated carbocycles. The Bertz CT molecular complexity index is 304. The number of imidazole rings is 1. The van der Waals surface area contributed by atoms with Crippen molar-refractivity contribution in [1.29, 1.82) is 0 Å². The first-order chi connectivity index (χ1) is 5.70. The SMILES string of the molecule is Cc1nc(Cl)c2n1C(C)CCC2. The zero-order valence-electron chi connectivity index (χ0n) is 7.47. The van der Waals surface area contributed by atoms with Crippen molar-refractivity contribution < 1.29 is 0 Å². The van der Waals surface area contributed by atoms with Crippen molar-refractivity contribution in [3.05, 3.63) is 16.7 Å². The lowest BCUT2D eigenvalue weighted by Gasteiger charge is -2.23. The standard InChI is InChI=1S/C9H13ClN2/c1-6-4-3-5-8-9(10)11-7(2)12(6)8/h6H,3-5H2,1-2H3. The molecule has 0 amide bonds. The Kier molecular flexibility index (Phi) is 1.87. The van der Waals surface area contributed by atoms with Crippen LogP contribution in [-0.4, -0.2) is 9.55 Å². The van der Waals surface area contributed by atoms with Gasteiger partial charge in [0.05, 0.1) is 5.69 Å². The number of aromatic nitrogens is 2. The van der Waals surface area contributed by atoms with Gasteiger partial charge in [0.2, 0.25) is 0 Å². The summed E-state index contributed by atoms with van der Waals surface area (Å²) in [5.41, 5.74) is 1.23. The van der Waals surface area contributed by atoms with E-state index in [0.29, 0.717) is 11.2 Å². The lowest BCUT2D eigenvalue weighted by molar-refractivity contribution is 0.424. The maximum absolute atomic E-state index is 6.00.